The van der Waals surface area contributed by atoms with Crippen molar-refractivity contribution in [2.45, 2.75) is 51.6 Å². The van der Waals surface area contributed by atoms with Crippen molar-refractivity contribution >= 4 is 0 Å². The predicted molar refractivity (Wildman–Crippen MR) is 78.0 cm³/mol. The first-order valence-corrected chi connectivity index (χ1v) is 7.68. The molecule has 2 rings (SSSR count). The van der Waals surface area contributed by atoms with Gasteiger partial charge in [-0.2, -0.15) is 0 Å². The molecule has 2 aliphatic heterocycles. The number of likely N-dealkylation sites (tertiary alicyclic amines) is 1. The van der Waals surface area contributed by atoms with E-state index in [0.29, 0.717) is 0 Å². The molecule has 0 aromatic rings. The molecule has 2 fully saturated rings. The van der Waals surface area contributed by atoms with Crippen molar-refractivity contribution in [3.63, 3.8) is 0 Å². The van der Waals surface area contributed by atoms with Gasteiger partial charge in [-0.3, -0.25) is 4.90 Å². The number of hydrogen-bond acceptors (Lipinski definition) is 3. The molecule has 3 heteroatoms. The molecule has 18 heavy (non-hydrogen) atoms. The molecule has 0 radical (unpaired) electrons. The van der Waals surface area contributed by atoms with E-state index >= 15 is 0 Å². The van der Waals surface area contributed by atoms with Crippen LogP contribution in [0.5, 0.6) is 0 Å². The second-order valence-electron chi connectivity index (χ2n) is 7.03. The van der Waals surface area contributed by atoms with Gasteiger partial charge in [0.05, 0.1) is 0 Å². The van der Waals surface area contributed by atoms with E-state index in [0.717, 1.165) is 18.5 Å². The first-order valence-electron chi connectivity index (χ1n) is 7.68. The molecule has 2 atom stereocenters. The molecular formula is C15H31N3. The van der Waals surface area contributed by atoms with E-state index in [2.05, 4.69) is 42.9 Å². The topological polar surface area (TPSA) is 18.5 Å². The summed E-state index contributed by atoms with van der Waals surface area (Å²) in [5, 5.41) is 3.68. The summed E-state index contributed by atoms with van der Waals surface area (Å²) in [6.07, 6.45) is 4.07. The zero-order chi connectivity index (χ0) is 13.2. The van der Waals surface area contributed by atoms with Crippen molar-refractivity contribution in [3.05, 3.63) is 0 Å². The van der Waals surface area contributed by atoms with Gasteiger partial charge in [0.2, 0.25) is 0 Å². The second-order valence-corrected chi connectivity index (χ2v) is 7.03. The number of piperidine rings is 1. The summed E-state index contributed by atoms with van der Waals surface area (Å²) in [5.41, 5.74) is 0.284. The first kappa shape index (κ1) is 14.3. The Morgan fingerprint density at radius 2 is 2.11 bits per heavy atom. The maximum absolute atomic E-state index is 3.68. The van der Waals surface area contributed by atoms with E-state index in [1.165, 1.54) is 45.4 Å². The minimum Gasteiger partial charge on any atom is -0.309 e. The average Bonchev–Trinajstić information content (AvgIpc) is 2.28. The van der Waals surface area contributed by atoms with Gasteiger partial charge < -0.3 is 10.2 Å². The standard InChI is InChI=1S/C15H31N3/c1-5-14-9-16-15(2,3)12-18(14)11-13-7-6-8-17(4)10-13/h13-14,16H,5-12H2,1-4H3. The lowest BCUT2D eigenvalue weighted by Gasteiger charge is -2.46. The summed E-state index contributed by atoms with van der Waals surface area (Å²) in [5.74, 6) is 0.881. The van der Waals surface area contributed by atoms with Gasteiger partial charge >= 0.3 is 0 Å². The Balaban J connectivity index is 1.91. The third-order valence-corrected chi connectivity index (χ3v) is 4.62. The molecule has 2 heterocycles. The minimum absolute atomic E-state index is 0.284. The summed E-state index contributed by atoms with van der Waals surface area (Å²) < 4.78 is 0. The number of piperazine rings is 1. The van der Waals surface area contributed by atoms with Crippen LogP contribution < -0.4 is 5.32 Å². The summed E-state index contributed by atoms with van der Waals surface area (Å²) in [6, 6.07) is 0.741. The zero-order valence-electron chi connectivity index (χ0n) is 12.7. The van der Waals surface area contributed by atoms with E-state index < -0.39 is 0 Å². The quantitative estimate of drug-likeness (QED) is 0.827. The summed E-state index contributed by atoms with van der Waals surface area (Å²) >= 11 is 0. The van der Waals surface area contributed by atoms with Gasteiger partial charge in [-0.1, -0.05) is 6.92 Å². The van der Waals surface area contributed by atoms with Crippen LogP contribution in [0.2, 0.25) is 0 Å². The van der Waals surface area contributed by atoms with Crippen LogP contribution in [0.3, 0.4) is 0 Å². The van der Waals surface area contributed by atoms with Gasteiger partial charge in [0, 0.05) is 37.8 Å². The zero-order valence-corrected chi connectivity index (χ0v) is 12.7. The number of rotatable bonds is 3. The van der Waals surface area contributed by atoms with Crippen molar-refractivity contribution in [3.8, 4) is 0 Å². The number of nitrogens with zero attached hydrogens (tertiary/aromatic N) is 2. The molecule has 0 spiro atoms. The lowest BCUT2D eigenvalue weighted by atomic mass is 9.93. The molecule has 106 valence electrons. The molecule has 1 N–H and O–H groups in total. The fourth-order valence-electron chi connectivity index (χ4n) is 3.59. The van der Waals surface area contributed by atoms with Crippen molar-refractivity contribution in [1.82, 2.24) is 15.1 Å². The van der Waals surface area contributed by atoms with E-state index in [9.17, 15) is 0 Å². The van der Waals surface area contributed by atoms with Gasteiger partial charge in [-0.05, 0) is 52.6 Å². The Kier molecular flexibility index (Phi) is 4.68. The minimum atomic E-state index is 0.284. The SMILES string of the molecule is CCC1CNC(C)(C)CN1CC1CCCN(C)C1. The summed E-state index contributed by atoms with van der Waals surface area (Å²) in [7, 11) is 2.27. The van der Waals surface area contributed by atoms with Crippen molar-refractivity contribution in [2.24, 2.45) is 5.92 Å². The molecule has 2 saturated heterocycles. The van der Waals surface area contributed by atoms with E-state index in [1.807, 2.05) is 0 Å². The molecular weight excluding hydrogens is 222 g/mol. The van der Waals surface area contributed by atoms with Crippen LogP contribution in [0, 0.1) is 5.92 Å². The van der Waals surface area contributed by atoms with Gasteiger partial charge in [-0.15, -0.1) is 0 Å². The fraction of sp³-hybridized carbons (Fsp3) is 1.00. The van der Waals surface area contributed by atoms with Gasteiger partial charge in [0.25, 0.3) is 0 Å². The van der Waals surface area contributed by atoms with Crippen LogP contribution in [0.25, 0.3) is 0 Å². The Hall–Kier alpha value is -0.120. The normalized spacial score (nSPS) is 34.7. The monoisotopic (exact) mass is 253 g/mol. The Morgan fingerprint density at radius 1 is 1.33 bits per heavy atom. The van der Waals surface area contributed by atoms with E-state index in [1.54, 1.807) is 0 Å². The highest BCUT2D eigenvalue weighted by molar-refractivity contribution is 4.92. The molecule has 0 amide bonds. The third-order valence-electron chi connectivity index (χ3n) is 4.62. The molecule has 3 nitrogen and oxygen atoms in total. The lowest BCUT2D eigenvalue weighted by molar-refractivity contribution is 0.0605. The van der Waals surface area contributed by atoms with Crippen LogP contribution in [0.4, 0.5) is 0 Å². The van der Waals surface area contributed by atoms with Gasteiger partial charge in [0.1, 0.15) is 0 Å². The largest absolute Gasteiger partial charge is 0.309 e. The molecule has 0 saturated carbocycles. The Morgan fingerprint density at radius 3 is 2.78 bits per heavy atom. The number of hydrogen-bond donors (Lipinski definition) is 1. The lowest BCUT2D eigenvalue weighted by Crippen LogP contribution is -2.62. The second kappa shape index (κ2) is 5.89. The van der Waals surface area contributed by atoms with Gasteiger partial charge in [-0.25, -0.2) is 0 Å². The molecule has 0 aliphatic carbocycles. The van der Waals surface area contributed by atoms with Crippen LogP contribution in [0.1, 0.15) is 40.0 Å². The molecule has 2 aliphatic rings. The highest BCUT2D eigenvalue weighted by Gasteiger charge is 2.33. The van der Waals surface area contributed by atoms with Crippen LogP contribution in [0.15, 0.2) is 0 Å². The highest BCUT2D eigenvalue weighted by Crippen LogP contribution is 2.22. The maximum Gasteiger partial charge on any atom is 0.0252 e. The predicted octanol–water partition coefficient (Wildman–Crippen LogP) is 1.79. The number of nitrogens with one attached hydrogen (secondary N) is 1. The highest BCUT2D eigenvalue weighted by atomic mass is 15.3. The average molecular weight is 253 g/mol. The van der Waals surface area contributed by atoms with Crippen molar-refractivity contribution < 1.29 is 0 Å². The molecule has 0 aromatic heterocycles. The Labute approximate surface area is 113 Å². The Bertz CT molecular complexity index is 264. The third kappa shape index (κ3) is 3.69. The van der Waals surface area contributed by atoms with Crippen molar-refractivity contribution in [2.75, 3.05) is 39.8 Å². The van der Waals surface area contributed by atoms with Crippen molar-refractivity contribution in [1.29, 1.82) is 0 Å². The van der Waals surface area contributed by atoms with Gasteiger partial charge in [0.15, 0.2) is 0 Å². The maximum atomic E-state index is 3.68. The molecule has 2 unspecified atom stereocenters. The smallest absolute Gasteiger partial charge is 0.0252 e. The summed E-state index contributed by atoms with van der Waals surface area (Å²) in [4.78, 5) is 5.25. The summed E-state index contributed by atoms with van der Waals surface area (Å²) in [6.45, 7) is 13.2. The van der Waals surface area contributed by atoms with Crippen LogP contribution in [-0.4, -0.2) is 61.2 Å². The molecule has 0 bridgehead atoms. The fourth-order valence-corrected chi connectivity index (χ4v) is 3.59. The van der Waals surface area contributed by atoms with E-state index in [4.69, 9.17) is 0 Å². The van der Waals surface area contributed by atoms with Crippen LogP contribution in [-0.2, 0) is 0 Å². The van der Waals surface area contributed by atoms with Crippen LogP contribution >= 0.6 is 0 Å². The first-order chi connectivity index (χ1) is 8.50. The van der Waals surface area contributed by atoms with E-state index in [-0.39, 0.29) is 5.54 Å². The molecule has 0 aromatic carbocycles.